The van der Waals surface area contributed by atoms with Crippen molar-refractivity contribution in [3.05, 3.63) is 36.5 Å². The van der Waals surface area contributed by atoms with E-state index in [9.17, 15) is 10.2 Å². The number of rotatable bonds is 4. The van der Waals surface area contributed by atoms with Crippen molar-refractivity contribution in [1.82, 2.24) is 19.7 Å². The largest absolute Gasteiger partial charge is 0.502 e. The molecule has 10 heteroatoms. The minimum absolute atomic E-state index is 0.00850. The molecule has 0 amide bonds. The maximum atomic E-state index is 15.0. The Morgan fingerprint density at radius 1 is 1.20 bits per heavy atom. The lowest BCUT2D eigenvalue weighted by Gasteiger charge is -2.40. The Bertz CT molecular complexity index is 1260. The Kier molecular flexibility index (Phi) is 3.93. The van der Waals surface area contributed by atoms with Gasteiger partial charge in [0.1, 0.15) is 5.82 Å². The van der Waals surface area contributed by atoms with Crippen LogP contribution in [0.5, 0.6) is 17.2 Å². The standard InChI is InChI=1S/C20H17FN4O5/c1-20(7-29-8-20)25-13-5-10(19-24-22-9-30-19)3-4-12(13)23-18(25)11-6-14(28-2)16(26)17(27)15(11)21/h3-6,9,26-27H,7-8H2,1-2H3. The normalized spacial score (nSPS) is 15.3. The van der Waals surface area contributed by atoms with Gasteiger partial charge in [-0.15, -0.1) is 10.2 Å². The summed E-state index contributed by atoms with van der Waals surface area (Å²) >= 11 is 0. The lowest BCUT2D eigenvalue weighted by molar-refractivity contribution is -0.0868. The lowest BCUT2D eigenvalue weighted by atomic mass is 9.98. The van der Waals surface area contributed by atoms with Crippen LogP contribution in [0, 0.1) is 5.82 Å². The summed E-state index contributed by atoms with van der Waals surface area (Å²) in [7, 11) is 1.32. The number of imidazole rings is 1. The first-order valence-electron chi connectivity index (χ1n) is 9.09. The van der Waals surface area contributed by atoms with E-state index in [1.807, 2.05) is 17.6 Å². The summed E-state index contributed by atoms with van der Waals surface area (Å²) in [5, 5.41) is 27.6. The zero-order valence-electron chi connectivity index (χ0n) is 16.1. The highest BCUT2D eigenvalue weighted by molar-refractivity contribution is 5.85. The molecule has 3 heterocycles. The van der Waals surface area contributed by atoms with Crippen LogP contribution >= 0.6 is 0 Å². The highest BCUT2D eigenvalue weighted by atomic mass is 19.1. The number of fused-ring (bicyclic) bond motifs is 1. The van der Waals surface area contributed by atoms with Crippen LogP contribution in [-0.2, 0) is 10.3 Å². The topological polar surface area (TPSA) is 116 Å². The molecule has 4 aromatic rings. The van der Waals surface area contributed by atoms with Gasteiger partial charge in [0.15, 0.2) is 17.3 Å². The van der Waals surface area contributed by atoms with Crippen LogP contribution < -0.4 is 4.74 Å². The summed E-state index contributed by atoms with van der Waals surface area (Å²) in [6, 6.07) is 6.69. The summed E-state index contributed by atoms with van der Waals surface area (Å²) < 4.78 is 32.7. The van der Waals surface area contributed by atoms with Gasteiger partial charge in [0, 0.05) is 5.56 Å². The molecule has 0 aliphatic carbocycles. The molecule has 0 radical (unpaired) electrons. The molecule has 9 nitrogen and oxygen atoms in total. The molecule has 1 fully saturated rings. The summed E-state index contributed by atoms with van der Waals surface area (Å²) in [4.78, 5) is 4.61. The molecule has 0 saturated carbocycles. The second kappa shape index (κ2) is 6.42. The smallest absolute Gasteiger partial charge is 0.247 e. The summed E-state index contributed by atoms with van der Waals surface area (Å²) in [6.07, 6.45) is 1.24. The van der Waals surface area contributed by atoms with Crippen molar-refractivity contribution in [2.75, 3.05) is 20.3 Å². The monoisotopic (exact) mass is 412 g/mol. The molecule has 0 spiro atoms. The van der Waals surface area contributed by atoms with Crippen LogP contribution in [-0.4, -0.2) is 50.3 Å². The number of aromatic nitrogens is 4. The number of phenols is 2. The molecule has 1 aliphatic rings. The molecule has 2 aromatic heterocycles. The van der Waals surface area contributed by atoms with E-state index in [4.69, 9.17) is 13.9 Å². The number of methoxy groups -OCH3 is 1. The van der Waals surface area contributed by atoms with E-state index >= 15 is 4.39 Å². The van der Waals surface area contributed by atoms with Crippen molar-refractivity contribution in [3.8, 4) is 40.1 Å². The quantitative estimate of drug-likeness (QED) is 0.492. The van der Waals surface area contributed by atoms with Gasteiger partial charge >= 0.3 is 0 Å². The average Bonchev–Trinajstić information content (AvgIpc) is 3.38. The molecule has 5 rings (SSSR count). The molecule has 1 saturated heterocycles. The summed E-state index contributed by atoms with van der Waals surface area (Å²) in [5.74, 6) is -2.02. The molecule has 0 bridgehead atoms. The molecular formula is C20H17FN4O5. The summed E-state index contributed by atoms with van der Waals surface area (Å²) in [6.45, 7) is 2.77. The third kappa shape index (κ3) is 2.53. The Morgan fingerprint density at radius 2 is 2.00 bits per heavy atom. The van der Waals surface area contributed by atoms with Gasteiger partial charge < -0.3 is 28.7 Å². The molecule has 1 aliphatic heterocycles. The third-order valence-electron chi connectivity index (χ3n) is 5.27. The van der Waals surface area contributed by atoms with E-state index in [0.29, 0.717) is 35.7 Å². The van der Waals surface area contributed by atoms with Crippen molar-refractivity contribution in [2.45, 2.75) is 12.5 Å². The molecule has 0 unspecified atom stereocenters. The van der Waals surface area contributed by atoms with Crippen molar-refractivity contribution in [3.63, 3.8) is 0 Å². The number of phenolic OH excluding ortho intramolecular Hbond substituents is 2. The Labute approximate surface area is 169 Å². The zero-order chi connectivity index (χ0) is 21.0. The first-order chi connectivity index (χ1) is 14.4. The first-order valence-corrected chi connectivity index (χ1v) is 9.09. The number of halogens is 1. The predicted molar refractivity (Wildman–Crippen MR) is 103 cm³/mol. The predicted octanol–water partition coefficient (Wildman–Crippen LogP) is 3.06. The van der Waals surface area contributed by atoms with Crippen LogP contribution in [0.15, 0.2) is 35.1 Å². The van der Waals surface area contributed by atoms with E-state index in [1.54, 1.807) is 12.1 Å². The fourth-order valence-corrected chi connectivity index (χ4v) is 3.69. The third-order valence-corrected chi connectivity index (χ3v) is 5.27. The van der Waals surface area contributed by atoms with Gasteiger partial charge in [0.25, 0.3) is 0 Å². The highest BCUT2D eigenvalue weighted by Crippen LogP contribution is 2.45. The zero-order valence-corrected chi connectivity index (χ0v) is 16.1. The maximum absolute atomic E-state index is 15.0. The number of nitrogens with zero attached hydrogens (tertiary/aromatic N) is 4. The van der Waals surface area contributed by atoms with Crippen LogP contribution in [0.1, 0.15) is 6.92 Å². The average molecular weight is 412 g/mol. The molecule has 154 valence electrons. The van der Waals surface area contributed by atoms with Gasteiger partial charge in [-0.1, -0.05) is 0 Å². The fraction of sp³-hybridized carbons (Fsp3) is 0.250. The molecule has 2 aromatic carbocycles. The molecule has 0 atom stereocenters. The number of ether oxygens (including phenoxy) is 2. The van der Waals surface area contributed by atoms with Gasteiger partial charge in [0.05, 0.1) is 42.5 Å². The van der Waals surface area contributed by atoms with Gasteiger partial charge in [0.2, 0.25) is 18.0 Å². The van der Waals surface area contributed by atoms with Crippen molar-refractivity contribution < 1.29 is 28.5 Å². The second-order valence-corrected chi connectivity index (χ2v) is 7.35. The lowest BCUT2D eigenvalue weighted by Crippen LogP contribution is -2.49. The van der Waals surface area contributed by atoms with Crippen molar-refractivity contribution >= 4 is 11.0 Å². The van der Waals surface area contributed by atoms with Gasteiger partial charge in [-0.2, -0.15) is 0 Å². The first kappa shape index (κ1) is 18.4. The molecule has 30 heavy (non-hydrogen) atoms. The van der Waals surface area contributed by atoms with Crippen molar-refractivity contribution in [2.24, 2.45) is 0 Å². The summed E-state index contributed by atoms with van der Waals surface area (Å²) in [5.41, 5.74) is 1.49. The molecular weight excluding hydrogens is 395 g/mol. The van der Waals surface area contributed by atoms with Crippen LogP contribution in [0.3, 0.4) is 0 Å². The highest BCUT2D eigenvalue weighted by Gasteiger charge is 2.39. The number of hydrogen-bond acceptors (Lipinski definition) is 8. The fourth-order valence-electron chi connectivity index (χ4n) is 3.69. The van der Waals surface area contributed by atoms with Gasteiger partial charge in [-0.05, 0) is 31.2 Å². The SMILES string of the molecule is COc1cc(-c2nc3ccc(-c4nnco4)cc3n2C2(C)COC2)c(F)c(O)c1O. The van der Waals surface area contributed by atoms with Gasteiger partial charge in [-0.3, -0.25) is 0 Å². The van der Waals surface area contributed by atoms with E-state index in [1.165, 1.54) is 19.6 Å². The minimum atomic E-state index is -0.995. The van der Waals surface area contributed by atoms with E-state index in [-0.39, 0.29) is 17.1 Å². The Hall–Kier alpha value is -3.66. The molecule has 2 N–H and O–H groups in total. The number of hydrogen-bond donors (Lipinski definition) is 2. The van der Waals surface area contributed by atoms with Crippen LogP contribution in [0.25, 0.3) is 33.9 Å². The Balaban J connectivity index is 1.81. The minimum Gasteiger partial charge on any atom is -0.502 e. The van der Waals surface area contributed by atoms with Gasteiger partial charge in [-0.25, -0.2) is 9.37 Å². The Morgan fingerprint density at radius 3 is 2.63 bits per heavy atom. The second-order valence-electron chi connectivity index (χ2n) is 7.35. The number of aromatic hydroxyl groups is 2. The van der Waals surface area contributed by atoms with E-state index < -0.39 is 22.9 Å². The van der Waals surface area contributed by atoms with Crippen molar-refractivity contribution in [1.29, 1.82) is 0 Å². The maximum Gasteiger partial charge on any atom is 0.247 e. The van der Waals surface area contributed by atoms with E-state index in [0.717, 1.165) is 0 Å². The van der Waals surface area contributed by atoms with Crippen LogP contribution in [0.4, 0.5) is 4.39 Å². The van der Waals surface area contributed by atoms with E-state index in [2.05, 4.69) is 15.2 Å². The van der Waals surface area contributed by atoms with Crippen LogP contribution in [0.2, 0.25) is 0 Å². The number of benzene rings is 2.